The third kappa shape index (κ3) is 3.65. The van der Waals surface area contributed by atoms with E-state index in [0.717, 1.165) is 12.1 Å². The fourth-order valence-corrected chi connectivity index (χ4v) is 1.74. The summed E-state index contributed by atoms with van der Waals surface area (Å²) in [5, 5.41) is 37.5. The van der Waals surface area contributed by atoms with Crippen molar-refractivity contribution in [3.05, 3.63) is 41.1 Å². The number of hydrogen-bond acceptors (Lipinski definition) is 5. The van der Waals surface area contributed by atoms with Crippen LogP contribution in [0.5, 0.6) is 0 Å². The van der Waals surface area contributed by atoms with Gasteiger partial charge in [0, 0.05) is 11.3 Å². The Hall–Kier alpha value is -3.23. The van der Waals surface area contributed by atoms with Crippen LogP contribution in [-0.4, -0.2) is 17.5 Å². The van der Waals surface area contributed by atoms with Gasteiger partial charge in [-0.3, -0.25) is 0 Å². The monoisotopic (exact) mass is 360 g/mol. The zero-order valence-corrected chi connectivity index (χ0v) is 11.9. The van der Waals surface area contributed by atoms with Crippen LogP contribution >= 0.6 is 0 Å². The normalized spacial score (nSPS) is 11.7. The first-order valence-electron chi connectivity index (χ1n) is 6.10. The number of nitriles is 3. The van der Waals surface area contributed by atoms with Gasteiger partial charge in [0.2, 0.25) is 0 Å². The average Bonchev–Trinajstić information content (AvgIpc) is 2.52. The Kier molecular flexibility index (Phi) is 5.32. The van der Waals surface area contributed by atoms with Gasteiger partial charge < -0.3 is 10.4 Å². The van der Waals surface area contributed by atoms with Crippen molar-refractivity contribution in [3.63, 3.8) is 0 Å². The molecule has 0 heterocycles. The first kappa shape index (κ1) is 19.8. The van der Waals surface area contributed by atoms with E-state index >= 15 is 0 Å². The molecule has 0 aliphatic heterocycles. The van der Waals surface area contributed by atoms with E-state index in [1.54, 1.807) is 0 Å². The van der Waals surface area contributed by atoms with Crippen molar-refractivity contribution in [3.8, 4) is 18.2 Å². The third-order valence-corrected chi connectivity index (χ3v) is 2.96. The van der Waals surface area contributed by atoms with E-state index in [1.165, 1.54) is 18.2 Å². The minimum atomic E-state index is -6.07. The van der Waals surface area contributed by atoms with Crippen LogP contribution in [0.2, 0.25) is 0 Å². The first-order valence-corrected chi connectivity index (χ1v) is 6.10. The molecule has 0 aliphatic rings. The minimum Gasteiger partial charge on any atom is -0.369 e. The molecule has 1 rings (SSSR count). The lowest BCUT2D eigenvalue weighted by Gasteiger charge is -2.32. The molecule has 0 radical (unpaired) electrons. The molecule has 0 spiro atoms. The minimum absolute atomic E-state index is 0.310. The van der Waals surface area contributed by atoms with Crippen molar-refractivity contribution < 1.29 is 31.4 Å². The average molecular weight is 360 g/mol. The maximum atomic E-state index is 12.8. The maximum absolute atomic E-state index is 12.8. The van der Waals surface area contributed by atoms with Crippen LogP contribution in [0.4, 0.5) is 32.0 Å². The molecule has 0 bridgehead atoms. The molecule has 25 heavy (non-hydrogen) atoms. The zero-order valence-electron chi connectivity index (χ0n) is 11.9. The first-order chi connectivity index (χ1) is 11.4. The highest BCUT2D eigenvalue weighted by molar-refractivity contribution is 5.59. The lowest BCUT2D eigenvalue weighted by atomic mass is 9.92. The van der Waals surface area contributed by atoms with Crippen LogP contribution in [0.15, 0.2) is 35.5 Å². The molecule has 1 aromatic carbocycles. The largest absolute Gasteiger partial charge is 0.430 e. The van der Waals surface area contributed by atoms with Gasteiger partial charge in [-0.2, -0.15) is 42.1 Å². The summed E-state index contributed by atoms with van der Waals surface area (Å²) in [4.78, 5) is 0. The summed E-state index contributed by atoms with van der Waals surface area (Å²) >= 11 is 0. The van der Waals surface area contributed by atoms with E-state index in [1.807, 2.05) is 0 Å². The molecule has 1 aromatic rings. The van der Waals surface area contributed by atoms with Crippen LogP contribution < -0.4 is 5.32 Å². The molecule has 0 saturated heterocycles. The standard InChI is InChI=1S/C14H6F6N4O/c15-13(16,17)12(25,14(18,19)20)9-2-1-3-10(4-9)24-11(7-23)8(5-21)6-22/h1-4,24-25H. The summed E-state index contributed by atoms with van der Waals surface area (Å²) in [6.45, 7) is 0. The lowest BCUT2D eigenvalue weighted by Crippen LogP contribution is -2.53. The van der Waals surface area contributed by atoms with Gasteiger partial charge in [0.05, 0.1) is 0 Å². The van der Waals surface area contributed by atoms with Crippen LogP contribution in [0.1, 0.15) is 5.56 Å². The predicted molar refractivity (Wildman–Crippen MR) is 69.9 cm³/mol. The molecular formula is C14H6F6N4O. The van der Waals surface area contributed by atoms with E-state index in [2.05, 4.69) is 5.32 Å². The predicted octanol–water partition coefficient (Wildman–Crippen LogP) is 3.24. The van der Waals surface area contributed by atoms with Crippen molar-refractivity contribution in [1.82, 2.24) is 0 Å². The third-order valence-electron chi connectivity index (χ3n) is 2.96. The van der Waals surface area contributed by atoms with Crippen molar-refractivity contribution >= 4 is 5.69 Å². The highest BCUT2D eigenvalue weighted by atomic mass is 19.4. The number of nitrogens with zero attached hydrogens (tertiary/aromatic N) is 3. The van der Waals surface area contributed by atoms with Crippen molar-refractivity contribution in [1.29, 1.82) is 15.8 Å². The Morgan fingerprint density at radius 1 is 0.920 bits per heavy atom. The van der Waals surface area contributed by atoms with Gasteiger partial charge in [-0.15, -0.1) is 0 Å². The Bertz CT molecular complexity index is 790. The zero-order chi connectivity index (χ0) is 19.5. The SMILES string of the molecule is N#CC(C#N)=C(C#N)Nc1cccc(C(O)(C(F)(F)F)C(F)(F)F)c1. The number of benzene rings is 1. The summed E-state index contributed by atoms with van der Waals surface area (Å²) < 4.78 is 77.1. The Morgan fingerprint density at radius 2 is 1.44 bits per heavy atom. The van der Waals surface area contributed by atoms with Crippen LogP contribution in [0, 0.1) is 34.0 Å². The molecule has 0 atom stereocenters. The maximum Gasteiger partial charge on any atom is 0.430 e. The summed E-state index contributed by atoms with van der Waals surface area (Å²) in [5.74, 6) is 0. The van der Waals surface area contributed by atoms with Crippen molar-refractivity contribution in [2.24, 2.45) is 0 Å². The van der Waals surface area contributed by atoms with E-state index in [4.69, 9.17) is 15.8 Å². The summed E-state index contributed by atoms with van der Waals surface area (Å²) in [5.41, 5.74) is -8.56. The summed E-state index contributed by atoms with van der Waals surface area (Å²) in [7, 11) is 0. The van der Waals surface area contributed by atoms with Gasteiger partial charge in [-0.05, 0) is 12.1 Å². The second kappa shape index (κ2) is 6.71. The van der Waals surface area contributed by atoms with Gasteiger partial charge in [0.25, 0.3) is 5.60 Å². The van der Waals surface area contributed by atoms with Gasteiger partial charge >= 0.3 is 12.4 Å². The number of halogens is 6. The van der Waals surface area contributed by atoms with Crippen LogP contribution in [0.3, 0.4) is 0 Å². The Morgan fingerprint density at radius 3 is 1.84 bits per heavy atom. The molecule has 0 aromatic heterocycles. The molecule has 130 valence electrons. The molecule has 0 fully saturated rings. The molecule has 2 N–H and O–H groups in total. The second-order valence-corrected chi connectivity index (χ2v) is 4.50. The fraction of sp³-hybridized carbons (Fsp3) is 0.214. The molecule has 0 amide bonds. The molecule has 0 unspecified atom stereocenters. The van der Waals surface area contributed by atoms with Gasteiger partial charge in [0.15, 0.2) is 5.57 Å². The smallest absolute Gasteiger partial charge is 0.369 e. The summed E-state index contributed by atoms with van der Waals surface area (Å²) in [6.07, 6.45) is -12.1. The second-order valence-electron chi connectivity index (χ2n) is 4.50. The van der Waals surface area contributed by atoms with Crippen molar-refractivity contribution in [2.75, 3.05) is 5.32 Å². The van der Waals surface area contributed by atoms with E-state index in [-0.39, 0.29) is 0 Å². The molecular weight excluding hydrogens is 354 g/mol. The topological polar surface area (TPSA) is 104 Å². The fourth-order valence-electron chi connectivity index (χ4n) is 1.74. The Labute approximate surface area is 136 Å². The molecule has 11 heteroatoms. The number of nitrogens with one attached hydrogen (secondary N) is 1. The lowest BCUT2D eigenvalue weighted by molar-refractivity contribution is -0.376. The van der Waals surface area contributed by atoms with Crippen molar-refractivity contribution in [2.45, 2.75) is 18.0 Å². The highest BCUT2D eigenvalue weighted by Crippen LogP contribution is 2.50. The quantitative estimate of drug-likeness (QED) is 0.636. The number of hydrogen-bond donors (Lipinski definition) is 2. The number of rotatable bonds is 3. The van der Waals surface area contributed by atoms with Crippen LogP contribution in [0.25, 0.3) is 0 Å². The van der Waals surface area contributed by atoms with Gasteiger partial charge in [-0.1, -0.05) is 12.1 Å². The highest BCUT2D eigenvalue weighted by Gasteiger charge is 2.71. The molecule has 0 saturated carbocycles. The van der Waals surface area contributed by atoms with E-state index < -0.39 is 40.5 Å². The molecule has 0 aliphatic carbocycles. The van der Waals surface area contributed by atoms with Gasteiger partial charge in [0.1, 0.15) is 23.9 Å². The number of allylic oxidation sites excluding steroid dienone is 2. The number of alkyl halides is 6. The summed E-state index contributed by atoms with van der Waals surface area (Å²) in [6, 6.07) is 6.54. The molecule has 5 nitrogen and oxygen atoms in total. The van der Waals surface area contributed by atoms with E-state index in [9.17, 15) is 31.4 Å². The Balaban J connectivity index is 3.49. The number of anilines is 1. The van der Waals surface area contributed by atoms with Gasteiger partial charge in [-0.25, -0.2) is 0 Å². The van der Waals surface area contributed by atoms with E-state index in [0.29, 0.717) is 12.1 Å². The number of aliphatic hydroxyl groups is 1. The van der Waals surface area contributed by atoms with Crippen LogP contribution in [-0.2, 0) is 5.60 Å².